The van der Waals surface area contributed by atoms with Crippen LogP contribution in [0.25, 0.3) is 0 Å². The first-order valence-electron chi connectivity index (χ1n) is 7.96. The highest BCUT2D eigenvalue weighted by atomic mass is 16.5. The standard InChI is InChI=1S/C17H26N6O2/c1-11(15-19-16(18)21-17(20-15)22(2)3)23(4)10-12-8-7-9-13(24-5)14(12)25-6/h7-9,11H,10H2,1-6H3,(H2,18,19,20,21). The number of aromatic nitrogens is 3. The molecule has 0 fully saturated rings. The Balaban J connectivity index is 2.25. The molecule has 0 aliphatic heterocycles. The number of nitrogens with two attached hydrogens (primary N) is 1. The normalized spacial score (nSPS) is 12.1. The summed E-state index contributed by atoms with van der Waals surface area (Å²) < 4.78 is 10.9. The quantitative estimate of drug-likeness (QED) is 0.811. The van der Waals surface area contributed by atoms with Crippen molar-refractivity contribution in [2.24, 2.45) is 0 Å². The number of benzene rings is 1. The summed E-state index contributed by atoms with van der Waals surface area (Å²) in [6.45, 7) is 2.67. The second-order valence-corrected chi connectivity index (χ2v) is 5.99. The molecule has 136 valence electrons. The molecule has 1 aromatic heterocycles. The third-order valence-corrected chi connectivity index (χ3v) is 4.00. The number of methoxy groups -OCH3 is 2. The van der Waals surface area contributed by atoms with E-state index in [0.29, 0.717) is 24.1 Å². The molecule has 2 aromatic rings. The van der Waals surface area contributed by atoms with Gasteiger partial charge in [-0.3, -0.25) is 4.90 Å². The van der Waals surface area contributed by atoms with Crippen molar-refractivity contribution in [1.29, 1.82) is 0 Å². The Hall–Kier alpha value is -2.61. The van der Waals surface area contributed by atoms with Gasteiger partial charge in [0.25, 0.3) is 0 Å². The molecule has 0 bridgehead atoms. The Morgan fingerprint density at radius 2 is 1.80 bits per heavy atom. The van der Waals surface area contributed by atoms with E-state index in [1.807, 2.05) is 46.3 Å². The zero-order chi connectivity index (χ0) is 18.6. The molecule has 0 radical (unpaired) electrons. The lowest BCUT2D eigenvalue weighted by molar-refractivity contribution is 0.238. The van der Waals surface area contributed by atoms with Gasteiger partial charge >= 0.3 is 0 Å². The number of para-hydroxylation sites is 1. The molecule has 0 amide bonds. The molecule has 1 unspecified atom stereocenters. The van der Waals surface area contributed by atoms with Crippen molar-refractivity contribution >= 4 is 11.9 Å². The van der Waals surface area contributed by atoms with Crippen LogP contribution in [0.3, 0.4) is 0 Å². The van der Waals surface area contributed by atoms with Gasteiger partial charge in [0.2, 0.25) is 11.9 Å². The molecule has 1 atom stereocenters. The van der Waals surface area contributed by atoms with Crippen molar-refractivity contribution in [2.45, 2.75) is 19.5 Å². The third-order valence-electron chi connectivity index (χ3n) is 4.00. The summed E-state index contributed by atoms with van der Waals surface area (Å²) in [5.41, 5.74) is 6.85. The SMILES string of the molecule is COc1cccc(CN(C)C(C)c2nc(N)nc(N(C)C)n2)c1OC. The van der Waals surface area contributed by atoms with Crippen LogP contribution in [0.15, 0.2) is 18.2 Å². The Morgan fingerprint density at radius 3 is 2.40 bits per heavy atom. The van der Waals surface area contributed by atoms with Gasteiger partial charge in [0, 0.05) is 26.2 Å². The number of rotatable bonds is 7. The molecule has 2 rings (SSSR count). The van der Waals surface area contributed by atoms with Crippen LogP contribution in [-0.2, 0) is 6.54 Å². The van der Waals surface area contributed by atoms with E-state index in [0.717, 1.165) is 11.3 Å². The molecule has 25 heavy (non-hydrogen) atoms. The van der Waals surface area contributed by atoms with Gasteiger partial charge in [-0.1, -0.05) is 12.1 Å². The molecule has 1 aromatic carbocycles. The number of nitrogen functional groups attached to an aromatic ring is 1. The van der Waals surface area contributed by atoms with Gasteiger partial charge in [0.15, 0.2) is 17.3 Å². The molecular formula is C17H26N6O2. The fraction of sp³-hybridized carbons (Fsp3) is 0.471. The van der Waals surface area contributed by atoms with Gasteiger partial charge in [0.05, 0.1) is 20.3 Å². The first kappa shape index (κ1) is 18.7. The van der Waals surface area contributed by atoms with Gasteiger partial charge < -0.3 is 20.1 Å². The van der Waals surface area contributed by atoms with Gasteiger partial charge in [-0.15, -0.1) is 0 Å². The van der Waals surface area contributed by atoms with E-state index >= 15 is 0 Å². The van der Waals surface area contributed by atoms with E-state index in [1.54, 1.807) is 19.1 Å². The fourth-order valence-electron chi connectivity index (χ4n) is 2.47. The van der Waals surface area contributed by atoms with Crippen LogP contribution < -0.4 is 20.1 Å². The van der Waals surface area contributed by atoms with E-state index < -0.39 is 0 Å². The van der Waals surface area contributed by atoms with Crippen molar-refractivity contribution in [3.8, 4) is 11.5 Å². The summed E-state index contributed by atoms with van der Waals surface area (Å²) in [7, 11) is 9.01. The molecule has 0 spiro atoms. The van der Waals surface area contributed by atoms with E-state index in [1.165, 1.54) is 0 Å². The Bertz CT molecular complexity index is 722. The average Bonchev–Trinajstić information content (AvgIpc) is 2.59. The molecule has 2 N–H and O–H groups in total. The largest absolute Gasteiger partial charge is 0.493 e. The zero-order valence-electron chi connectivity index (χ0n) is 15.6. The zero-order valence-corrected chi connectivity index (χ0v) is 15.6. The molecular weight excluding hydrogens is 320 g/mol. The molecule has 0 saturated carbocycles. The highest BCUT2D eigenvalue weighted by Crippen LogP contribution is 2.32. The highest BCUT2D eigenvalue weighted by Gasteiger charge is 2.20. The molecule has 8 heteroatoms. The summed E-state index contributed by atoms with van der Waals surface area (Å²) in [6, 6.07) is 5.78. The predicted octanol–water partition coefficient (Wildman–Crippen LogP) is 1.73. The Morgan fingerprint density at radius 1 is 1.08 bits per heavy atom. The second-order valence-electron chi connectivity index (χ2n) is 5.99. The van der Waals surface area contributed by atoms with Gasteiger partial charge in [0.1, 0.15) is 0 Å². The molecule has 0 aliphatic rings. The van der Waals surface area contributed by atoms with Crippen LogP contribution in [0, 0.1) is 0 Å². The topological polar surface area (TPSA) is 89.6 Å². The van der Waals surface area contributed by atoms with Crippen LogP contribution in [-0.4, -0.2) is 55.2 Å². The van der Waals surface area contributed by atoms with Gasteiger partial charge in [-0.25, -0.2) is 0 Å². The first-order chi connectivity index (χ1) is 11.9. The molecule has 0 saturated heterocycles. The lowest BCUT2D eigenvalue weighted by atomic mass is 10.1. The maximum Gasteiger partial charge on any atom is 0.229 e. The van der Waals surface area contributed by atoms with Crippen LogP contribution in [0.4, 0.5) is 11.9 Å². The van der Waals surface area contributed by atoms with E-state index in [4.69, 9.17) is 15.2 Å². The van der Waals surface area contributed by atoms with Gasteiger partial charge in [-0.05, 0) is 20.0 Å². The van der Waals surface area contributed by atoms with Gasteiger partial charge in [-0.2, -0.15) is 15.0 Å². The number of hydrogen-bond acceptors (Lipinski definition) is 8. The van der Waals surface area contributed by atoms with Crippen LogP contribution in [0.2, 0.25) is 0 Å². The van der Waals surface area contributed by atoms with E-state index in [-0.39, 0.29) is 12.0 Å². The maximum atomic E-state index is 5.83. The number of hydrogen-bond donors (Lipinski definition) is 1. The summed E-state index contributed by atoms with van der Waals surface area (Å²) in [5, 5.41) is 0. The summed E-state index contributed by atoms with van der Waals surface area (Å²) in [5.74, 6) is 2.82. The van der Waals surface area contributed by atoms with Crippen LogP contribution in [0.5, 0.6) is 11.5 Å². The molecule has 1 heterocycles. The third kappa shape index (κ3) is 4.27. The smallest absolute Gasteiger partial charge is 0.229 e. The fourth-order valence-corrected chi connectivity index (χ4v) is 2.47. The Labute approximate surface area is 148 Å². The summed E-state index contributed by atoms with van der Waals surface area (Å²) in [4.78, 5) is 16.8. The average molecular weight is 346 g/mol. The Kier molecular flexibility index (Phi) is 5.97. The first-order valence-corrected chi connectivity index (χ1v) is 7.96. The molecule has 0 aliphatic carbocycles. The van der Waals surface area contributed by atoms with Crippen molar-refractivity contribution in [3.05, 3.63) is 29.6 Å². The lowest BCUT2D eigenvalue weighted by Crippen LogP contribution is -2.25. The maximum absolute atomic E-state index is 5.83. The lowest BCUT2D eigenvalue weighted by Gasteiger charge is -2.25. The second kappa shape index (κ2) is 7.98. The van der Waals surface area contributed by atoms with E-state index in [9.17, 15) is 0 Å². The van der Waals surface area contributed by atoms with Crippen molar-refractivity contribution in [1.82, 2.24) is 19.9 Å². The van der Waals surface area contributed by atoms with Crippen molar-refractivity contribution in [3.63, 3.8) is 0 Å². The molecule has 8 nitrogen and oxygen atoms in total. The van der Waals surface area contributed by atoms with E-state index in [2.05, 4.69) is 19.9 Å². The number of nitrogens with zero attached hydrogens (tertiary/aromatic N) is 5. The summed E-state index contributed by atoms with van der Waals surface area (Å²) >= 11 is 0. The van der Waals surface area contributed by atoms with Crippen molar-refractivity contribution < 1.29 is 9.47 Å². The van der Waals surface area contributed by atoms with Crippen LogP contribution >= 0.6 is 0 Å². The monoisotopic (exact) mass is 346 g/mol. The highest BCUT2D eigenvalue weighted by molar-refractivity contribution is 5.46. The van der Waals surface area contributed by atoms with Crippen molar-refractivity contribution in [2.75, 3.05) is 46.0 Å². The van der Waals surface area contributed by atoms with Crippen LogP contribution in [0.1, 0.15) is 24.4 Å². The number of anilines is 2. The minimum absolute atomic E-state index is 0.0556. The number of ether oxygens (including phenoxy) is 2. The summed E-state index contributed by atoms with van der Waals surface area (Å²) in [6.07, 6.45) is 0. The predicted molar refractivity (Wildman–Crippen MR) is 98.0 cm³/mol. The minimum atomic E-state index is -0.0556. The minimum Gasteiger partial charge on any atom is -0.493 e.